The molecule has 0 saturated carbocycles. The molecule has 0 aliphatic heterocycles. The molecule has 1 heterocycles. The monoisotopic (exact) mass is 275 g/mol. The molecule has 0 saturated heterocycles. The minimum absolute atomic E-state index is 0.490. The molecule has 1 aromatic carbocycles. The van der Waals surface area contributed by atoms with Crippen LogP contribution in [0.2, 0.25) is 0 Å². The quantitative estimate of drug-likeness (QED) is 0.498. The fourth-order valence-corrected chi connectivity index (χ4v) is 2.16. The van der Waals surface area contributed by atoms with Crippen LogP contribution in [0.1, 0.15) is 11.1 Å². The smallest absolute Gasteiger partial charge is 0.187 e. The number of ether oxygens (including phenoxy) is 1. The highest BCUT2D eigenvalue weighted by molar-refractivity contribution is 7.99. The third-order valence-electron chi connectivity index (χ3n) is 2.52. The normalized spacial score (nSPS) is 10.4. The summed E-state index contributed by atoms with van der Waals surface area (Å²) in [6.07, 6.45) is 3.64. The standard InChI is InChI=1S/C14H17N3OS/c1-11-9-16-14(17-10-11)19-7-6-18-13-5-3-2-4-12(13)8-15/h2-5,9-10H,6-8,15H2,1H3. The van der Waals surface area contributed by atoms with Gasteiger partial charge in [0, 0.05) is 30.3 Å². The van der Waals surface area contributed by atoms with Crippen molar-refractivity contribution in [2.75, 3.05) is 12.4 Å². The molecular weight excluding hydrogens is 258 g/mol. The van der Waals surface area contributed by atoms with Crippen molar-refractivity contribution in [1.82, 2.24) is 9.97 Å². The van der Waals surface area contributed by atoms with Gasteiger partial charge in [-0.2, -0.15) is 0 Å². The summed E-state index contributed by atoms with van der Waals surface area (Å²) >= 11 is 1.58. The van der Waals surface area contributed by atoms with E-state index < -0.39 is 0 Å². The Hall–Kier alpha value is -1.59. The van der Waals surface area contributed by atoms with Crippen molar-refractivity contribution in [2.45, 2.75) is 18.6 Å². The van der Waals surface area contributed by atoms with E-state index in [-0.39, 0.29) is 0 Å². The third kappa shape index (κ3) is 4.22. The fraction of sp³-hybridized carbons (Fsp3) is 0.286. The average molecular weight is 275 g/mol. The zero-order valence-corrected chi connectivity index (χ0v) is 11.7. The minimum atomic E-state index is 0.490. The SMILES string of the molecule is Cc1cnc(SCCOc2ccccc2CN)nc1. The molecule has 0 aliphatic rings. The molecule has 5 heteroatoms. The molecule has 19 heavy (non-hydrogen) atoms. The number of benzene rings is 1. The lowest BCUT2D eigenvalue weighted by Crippen LogP contribution is -2.05. The second-order valence-electron chi connectivity index (χ2n) is 4.05. The summed E-state index contributed by atoms with van der Waals surface area (Å²) in [7, 11) is 0. The van der Waals surface area contributed by atoms with Crippen LogP contribution in [0.25, 0.3) is 0 Å². The molecule has 1 aromatic heterocycles. The molecule has 100 valence electrons. The Kier molecular flexibility index (Phi) is 5.18. The van der Waals surface area contributed by atoms with E-state index in [0.717, 1.165) is 27.8 Å². The van der Waals surface area contributed by atoms with E-state index in [4.69, 9.17) is 10.5 Å². The summed E-state index contributed by atoms with van der Waals surface area (Å²) in [6, 6.07) is 7.83. The summed E-state index contributed by atoms with van der Waals surface area (Å²) in [6.45, 7) is 3.07. The first-order chi connectivity index (χ1) is 9.29. The Morgan fingerprint density at radius 2 is 1.95 bits per heavy atom. The maximum Gasteiger partial charge on any atom is 0.187 e. The van der Waals surface area contributed by atoms with Crippen LogP contribution in [0.5, 0.6) is 5.75 Å². The number of thioether (sulfide) groups is 1. The highest BCUT2D eigenvalue weighted by Gasteiger charge is 2.01. The molecule has 4 nitrogen and oxygen atoms in total. The van der Waals surface area contributed by atoms with Crippen LogP contribution in [0.3, 0.4) is 0 Å². The third-order valence-corrected chi connectivity index (χ3v) is 3.36. The largest absolute Gasteiger partial charge is 0.492 e. The molecular formula is C14H17N3OS. The molecule has 0 atom stereocenters. The van der Waals surface area contributed by atoms with Gasteiger partial charge in [-0.05, 0) is 18.6 Å². The summed E-state index contributed by atoms with van der Waals surface area (Å²) in [5.41, 5.74) is 7.75. The van der Waals surface area contributed by atoms with Crippen molar-refractivity contribution in [2.24, 2.45) is 5.73 Å². The van der Waals surface area contributed by atoms with Crippen LogP contribution in [-0.2, 0) is 6.54 Å². The fourth-order valence-electron chi connectivity index (χ4n) is 1.55. The van der Waals surface area contributed by atoms with Crippen LogP contribution in [-0.4, -0.2) is 22.3 Å². The lowest BCUT2D eigenvalue weighted by molar-refractivity contribution is 0.340. The van der Waals surface area contributed by atoms with Gasteiger partial charge >= 0.3 is 0 Å². The number of nitrogens with two attached hydrogens (primary N) is 1. The van der Waals surface area contributed by atoms with Gasteiger partial charge in [0.1, 0.15) is 5.75 Å². The van der Waals surface area contributed by atoms with Crippen molar-refractivity contribution < 1.29 is 4.74 Å². The second kappa shape index (κ2) is 7.11. The first kappa shape index (κ1) is 13.8. The number of aromatic nitrogens is 2. The summed E-state index contributed by atoms with van der Waals surface area (Å²) in [5.74, 6) is 1.66. The van der Waals surface area contributed by atoms with Crippen molar-refractivity contribution in [3.05, 3.63) is 47.8 Å². The van der Waals surface area contributed by atoms with Crippen molar-refractivity contribution in [1.29, 1.82) is 0 Å². The molecule has 0 radical (unpaired) electrons. The second-order valence-corrected chi connectivity index (χ2v) is 5.11. The van der Waals surface area contributed by atoms with Gasteiger partial charge in [0.25, 0.3) is 0 Å². The molecule has 0 unspecified atom stereocenters. The van der Waals surface area contributed by atoms with E-state index in [1.165, 1.54) is 0 Å². The Balaban J connectivity index is 1.79. The van der Waals surface area contributed by atoms with E-state index in [0.29, 0.717) is 13.2 Å². The molecule has 2 rings (SSSR count). The van der Waals surface area contributed by atoms with Gasteiger partial charge in [-0.15, -0.1) is 0 Å². The number of para-hydroxylation sites is 1. The Morgan fingerprint density at radius 3 is 2.68 bits per heavy atom. The zero-order valence-electron chi connectivity index (χ0n) is 10.9. The number of hydrogen-bond donors (Lipinski definition) is 1. The molecule has 0 amide bonds. The first-order valence-corrected chi connectivity index (χ1v) is 7.10. The van der Waals surface area contributed by atoms with E-state index in [2.05, 4.69) is 9.97 Å². The molecule has 0 bridgehead atoms. The van der Waals surface area contributed by atoms with Crippen LogP contribution < -0.4 is 10.5 Å². The van der Waals surface area contributed by atoms with Gasteiger partial charge in [0.05, 0.1) is 6.61 Å². The van der Waals surface area contributed by atoms with Crippen molar-refractivity contribution in [3.63, 3.8) is 0 Å². The van der Waals surface area contributed by atoms with Gasteiger partial charge < -0.3 is 10.5 Å². The van der Waals surface area contributed by atoms with E-state index >= 15 is 0 Å². The van der Waals surface area contributed by atoms with Crippen LogP contribution in [0, 0.1) is 6.92 Å². The van der Waals surface area contributed by atoms with Gasteiger partial charge in [0.2, 0.25) is 0 Å². The Morgan fingerprint density at radius 1 is 1.21 bits per heavy atom. The molecule has 2 N–H and O–H groups in total. The maximum atomic E-state index is 5.72. The lowest BCUT2D eigenvalue weighted by Gasteiger charge is -2.09. The molecule has 0 spiro atoms. The summed E-state index contributed by atoms with van der Waals surface area (Å²) in [5, 5.41) is 0.779. The Bertz CT molecular complexity index is 516. The predicted octanol–water partition coefficient (Wildman–Crippen LogP) is 2.41. The summed E-state index contributed by atoms with van der Waals surface area (Å²) in [4.78, 5) is 8.47. The molecule has 0 aliphatic carbocycles. The van der Waals surface area contributed by atoms with Gasteiger partial charge in [0.15, 0.2) is 5.16 Å². The molecule has 2 aromatic rings. The maximum absolute atomic E-state index is 5.72. The Labute approximate surface area is 117 Å². The van der Waals surface area contributed by atoms with Crippen LogP contribution >= 0.6 is 11.8 Å². The number of hydrogen-bond acceptors (Lipinski definition) is 5. The first-order valence-electron chi connectivity index (χ1n) is 6.12. The van der Waals surface area contributed by atoms with E-state index in [1.807, 2.05) is 43.6 Å². The predicted molar refractivity (Wildman–Crippen MR) is 77.3 cm³/mol. The van der Waals surface area contributed by atoms with Gasteiger partial charge in [-0.25, -0.2) is 9.97 Å². The van der Waals surface area contributed by atoms with E-state index in [1.54, 1.807) is 11.8 Å². The average Bonchev–Trinajstić information content (AvgIpc) is 2.46. The van der Waals surface area contributed by atoms with Gasteiger partial charge in [-0.1, -0.05) is 30.0 Å². The minimum Gasteiger partial charge on any atom is -0.492 e. The lowest BCUT2D eigenvalue weighted by atomic mass is 10.2. The van der Waals surface area contributed by atoms with Crippen molar-refractivity contribution in [3.8, 4) is 5.75 Å². The van der Waals surface area contributed by atoms with Crippen LogP contribution in [0.4, 0.5) is 0 Å². The van der Waals surface area contributed by atoms with E-state index in [9.17, 15) is 0 Å². The van der Waals surface area contributed by atoms with Crippen molar-refractivity contribution >= 4 is 11.8 Å². The summed E-state index contributed by atoms with van der Waals surface area (Å²) < 4.78 is 5.72. The highest BCUT2D eigenvalue weighted by Crippen LogP contribution is 2.18. The number of nitrogens with zero attached hydrogens (tertiary/aromatic N) is 2. The topological polar surface area (TPSA) is 61.0 Å². The number of aryl methyl sites for hydroxylation is 1. The zero-order chi connectivity index (χ0) is 13.5. The number of rotatable bonds is 6. The molecule has 0 fully saturated rings. The van der Waals surface area contributed by atoms with Crippen LogP contribution in [0.15, 0.2) is 41.8 Å². The van der Waals surface area contributed by atoms with Gasteiger partial charge in [-0.3, -0.25) is 0 Å². The highest BCUT2D eigenvalue weighted by atomic mass is 32.2.